The molecule has 0 bridgehead atoms. The number of halogens is 1. The molecule has 1 fully saturated rings. The van der Waals surface area contributed by atoms with Crippen molar-refractivity contribution in [1.29, 1.82) is 0 Å². The van der Waals surface area contributed by atoms with E-state index >= 15 is 0 Å². The number of nitrogens with zero attached hydrogens (tertiary/aromatic N) is 1. The highest BCUT2D eigenvalue weighted by Crippen LogP contribution is 2.42. The van der Waals surface area contributed by atoms with Crippen LogP contribution in [-0.4, -0.2) is 48.4 Å². The van der Waals surface area contributed by atoms with Crippen LogP contribution in [0.1, 0.15) is 34.8 Å². The van der Waals surface area contributed by atoms with Crippen LogP contribution >= 0.6 is 11.6 Å². The first-order chi connectivity index (χ1) is 15.0. The number of ether oxygens (including phenoxy) is 2. The smallest absolute Gasteiger partial charge is 0.255 e. The van der Waals surface area contributed by atoms with Gasteiger partial charge in [-0.1, -0.05) is 29.8 Å². The fourth-order valence-corrected chi connectivity index (χ4v) is 4.15. The Bertz CT molecular complexity index is 1080. The molecule has 0 radical (unpaired) electrons. The maximum Gasteiger partial charge on any atom is 0.255 e. The number of fused-ring (bicyclic) bond motifs is 2. The highest BCUT2D eigenvalue weighted by atomic mass is 35.5. The third-order valence-electron chi connectivity index (χ3n) is 5.52. The number of carbonyl (C=O) groups is 3. The first-order valence-electron chi connectivity index (χ1n) is 10.1. The molecule has 5 rings (SSSR count). The summed E-state index contributed by atoms with van der Waals surface area (Å²) in [4.78, 5) is 39.8. The summed E-state index contributed by atoms with van der Waals surface area (Å²) in [6.07, 6.45) is 1.76. The molecule has 2 aromatic rings. The Balaban J connectivity index is 1.26. The average molecular weight is 442 g/mol. The van der Waals surface area contributed by atoms with E-state index in [1.54, 1.807) is 41.3 Å². The lowest BCUT2D eigenvalue weighted by molar-refractivity contribution is -0.127. The summed E-state index contributed by atoms with van der Waals surface area (Å²) in [5, 5.41) is 5.64. The minimum absolute atomic E-state index is 0.0704. The second-order valence-electron chi connectivity index (χ2n) is 7.68. The zero-order valence-corrected chi connectivity index (χ0v) is 17.3. The zero-order chi connectivity index (χ0) is 21.5. The van der Waals surface area contributed by atoms with Gasteiger partial charge in [-0.2, -0.15) is 0 Å². The number of amides is 3. The molecule has 3 aliphatic rings. The molecule has 1 saturated carbocycles. The fourth-order valence-electron chi connectivity index (χ4n) is 3.95. The normalized spacial score (nSPS) is 19.1. The van der Waals surface area contributed by atoms with Gasteiger partial charge in [0.1, 0.15) is 19.3 Å². The minimum atomic E-state index is -0.720. The van der Waals surface area contributed by atoms with Crippen LogP contribution in [0.3, 0.4) is 0 Å². The summed E-state index contributed by atoms with van der Waals surface area (Å²) in [7, 11) is 0. The molecule has 2 aliphatic heterocycles. The van der Waals surface area contributed by atoms with Crippen molar-refractivity contribution in [3.63, 3.8) is 0 Å². The van der Waals surface area contributed by atoms with Crippen molar-refractivity contribution < 1.29 is 23.9 Å². The third-order valence-corrected chi connectivity index (χ3v) is 5.83. The van der Waals surface area contributed by atoms with E-state index in [1.807, 2.05) is 0 Å². The van der Waals surface area contributed by atoms with Crippen molar-refractivity contribution in [1.82, 2.24) is 10.2 Å². The van der Waals surface area contributed by atoms with Gasteiger partial charge in [-0.3, -0.25) is 14.4 Å². The second-order valence-corrected chi connectivity index (χ2v) is 8.08. The second kappa shape index (κ2) is 7.77. The lowest BCUT2D eigenvalue weighted by Gasteiger charge is -2.24. The van der Waals surface area contributed by atoms with Gasteiger partial charge in [0.25, 0.3) is 5.91 Å². The standard InChI is InChI=1S/C22H20ClN3O5/c23-15-9-17-18(31-8-7-30-17)10-16(15)25-19(27)11-24-21(28)20-13-3-1-2-4-14(13)22(29)26(20)12-5-6-12/h1-4,9-10,12,20H,5-8,11H2,(H,24,28)(H,25,27). The van der Waals surface area contributed by atoms with Gasteiger partial charge in [-0.15, -0.1) is 0 Å². The number of anilines is 1. The number of hydrogen-bond acceptors (Lipinski definition) is 5. The molecule has 2 heterocycles. The van der Waals surface area contributed by atoms with Crippen LogP contribution in [0.4, 0.5) is 5.69 Å². The molecule has 2 N–H and O–H groups in total. The number of carbonyl (C=O) groups excluding carboxylic acids is 3. The van der Waals surface area contributed by atoms with Crippen molar-refractivity contribution in [3.8, 4) is 11.5 Å². The van der Waals surface area contributed by atoms with Crippen LogP contribution in [-0.2, 0) is 9.59 Å². The maximum atomic E-state index is 13.0. The minimum Gasteiger partial charge on any atom is -0.486 e. The third kappa shape index (κ3) is 3.67. The average Bonchev–Trinajstić information content (AvgIpc) is 3.56. The summed E-state index contributed by atoms with van der Waals surface area (Å²) in [6, 6.07) is 9.64. The Morgan fingerprint density at radius 2 is 1.81 bits per heavy atom. The van der Waals surface area contributed by atoms with Gasteiger partial charge in [0.15, 0.2) is 11.5 Å². The van der Waals surface area contributed by atoms with Gasteiger partial charge in [0, 0.05) is 23.7 Å². The SMILES string of the molecule is O=C(CNC(=O)C1c2ccccc2C(=O)N1C1CC1)Nc1cc2c(cc1Cl)OCCO2. The summed E-state index contributed by atoms with van der Waals surface area (Å²) < 4.78 is 11.0. The molecule has 2 aromatic carbocycles. The largest absolute Gasteiger partial charge is 0.486 e. The van der Waals surface area contributed by atoms with Crippen molar-refractivity contribution in [2.45, 2.75) is 24.9 Å². The number of nitrogens with one attached hydrogen (secondary N) is 2. The molecular formula is C22H20ClN3O5. The van der Waals surface area contributed by atoms with Gasteiger partial charge in [-0.25, -0.2) is 0 Å². The number of hydrogen-bond donors (Lipinski definition) is 2. The van der Waals surface area contributed by atoms with Crippen LogP contribution in [0.5, 0.6) is 11.5 Å². The molecule has 160 valence electrons. The molecule has 0 aromatic heterocycles. The Hall–Kier alpha value is -3.26. The van der Waals surface area contributed by atoms with Crippen LogP contribution in [0, 0.1) is 0 Å². The van der Waals surface area contributed by atoms with E-state index in [9.17, 15) is 14.4 Å². The van der Waals surface area contributed by atoms with Crippen LogP contribution in [0.25, 0.3) is 0 Å². The van der Waals surface area contributed by atoms with Gasteiger partial charge in [0.05, 0.1) is 17.3 Å². The van der Waals surface area contributed by atoms with Crippen molar-refractivity contribution in [2.75, 3.05) is 25.1 Å². The molecule has 1 unspecified atom stereocenters. The molecule has 1 aliphatic carbocycles. The Kier molecular flexibility index (Phi) is 4.94. The molecule has 9 heteroatoms. The molecule has 8 nitrogen and oxygen atoms in total. The molecule has 1 atom stereocenters. The van der Waals surface area contributed by atoms with Crippen LogP contribution < -0.4 is 20.1 Å². The highest BCUT2D eigenvalue weighted by Gasteiger charge is 2.47. The Morgan fingerprint density at radius 1 is 1.10 bits per heavy atom. The Morgan fingerprint density at radius 3 is 2.55 bits per heavy atom. The van der Waals surface area contributed by atoms with Crippen molar-refractivity contribution >= 4 is 35.0 Å². The monoisotopic (exact) mass is 441 g/mol. The van der Waals surface area contributed by atoms with Crippen molar-refractivity contribution in [2.24, 2.45) is 0 Å². The van der Waals surface area contributed by atoms with E-state index in [0.29, 0.717) is 46.5 Å². The van der Waals surface area contributed by atoms with E-state index < -0.39 is 11.9 Å². The van der Waals surface area contributed by atoms with E-state index in [1.165, 1.54) is 0 Å². The predicted molar refractivity (Wildman–Crippen MR) is 112 cm³/mol. The molecular weight excluding hydrogens is 422 g/mol. The zero-order valence-electron chi connectivity index (χ0n) is 16.5. The maximum absolute atomic E-state index is 13.0. The van der Waals surface area contributed by atoms with Gasteiger partial charge < -0.3 is 25.0 Å². The molecule has 0 saturated heterocycles. The van der Waals surface area contributed by atoms with Gasteiger partial charge >= 0.3 is 0 Å². The van der Waals surface area contributed by atoms with E-state index in [-0.39, 0.29) is 24.4 Å². The molecule has 0 spiro atoms. The summed E-state index contributed by atoms with van der Waals surface area (Å²) in [6.45, 7) is 0.595. The van der Waals surface area contributed by atoms with Gasteiger partial charge in [0.2, 0.25) is 11.8 Å². The first kappa shape index (κ1) is 19.7. The summed E-state index contributed by atoms with van der Waals surface area (Å²) in [5.41, 5.74) is 1.58. The highest BCUT2D eigenvalue weighted by molar-refractivity contribution is 6.34. The van der Waals surface area contributed by atoms with Gasteiger partial charge in [-0.05, 0) is 24.5 Å². The summed E-state index contributed by atoms with van der Waals surface area (Å²) >= 11 is 6.22. The quantitative estimate of drug-likeness (QED) is 0.743. The topological polar surface area (TPSA) is 97.0 Å². The molecule has 31 heavy (non-hydrogen) atoms. The van der Waals surface area contributed by atoms with E-state index in [2.05, 4.69) is 10.6 Å². The number of rotatable bonds is 5. The van der Waals surface area contributed by atoms with E-state index in [4.69, 9.17) is 21.1 Å². The van der Waals surface area contributed by atoms with Crippen molar-refractivity contribution in [3.05, 3.63) is 52.5 Å². The lowest BCUT2D eigenvalue weighted by atomic mass is 10.0. The first-order valence-corrected chi connectivity index (χ1v) is 10.5. The fraction of sp³-hybridized carbons (Fsp3) is 0.318. The Labute approximate surface area is 183 Å². The van der Waals surface area contributed by atoms with Crippen LogP contribution in [0.2, 0.25) is 5.02 Å². The summed E-state index contributed by atoms with van der Waals surface area (Å²) in [5.74, 6) is 0.0605. The predicted octanol–water partition coefficient (Wildman–Crippen LogP) is 2.53. The lowest BCUT2D eigenvalue weighted by Crippen LogP contribution is -2.42. The molecule has 3 amide bonds. The van der Waals surface area contributed by atoms with Crippen LogP contribution in [0.15, 0.2) is 36.4 Å². The van der Waals surface area contributed by atoms with E-state index in [0.717, 1.165) is 12.8 Å². The number of benzene rings is 2.